The highest BCUT2D eigenvalue weighted by molar-refractivity contribution is 7.99. The second kappa shape index (κ2) is 10.3. The summed E-state index contributed by atoms with van der Waals surface area (Å²) in [5.41, 5.74) is 0.584. The zero-order chi connectivity index (χ0) is 18.9. The SMILES string of the molecule is CCCNC(=O)CSc1nc2ccccc2c(=O)n1CCCOC(C)C. The van der Waals surface area contributed by atoms with Crippen molar-refractivity contribution in [2.75, 3.05) is 18.9 Å². The van der Waals surface area contributed by atoms with Crippen LogP contribution in [0.15, 0.2) is 34.2 Å². The van der Waals surface area contributed by atoms with Crippen LogP contribution in [-0.4, -0.2) is 40.5 Å². The molecular formula is C19H27N3O3S. The minimum absolute atomic E-state index is 0.0473. The number of amides is 1. The Morgan fingerprint density at radius 3 is 2.85 bits per heavy atom. The highest BCUT2D eigenvalue weighted by Crippen LogP contribution is 2.18. The van der Waals surface area contributed by atoms with Crippen molar-refractivity contribution in [2.45, 2.75) is 51.4 Å². The third kappa shape index (κ3) is 5.85. The van der Waals surface area contributed by atoms with Crippen molar-refractivity contribution in [3.63, 3.8) is 0 Å². The summed E-state index contributed by atoms with van der Waals surface area (Å²) in [6.45, 7) is 7.74. The fraction of sp³-hybridized carbons (Fsp3) is 0.526. The number of aromatic nitrogens is 2. The lowest BCUT2D eigenvalue weighted by Crippen LogP contribution is -2.27. The van der Waals surface area contributed by atoms with Crippen molar-refractivity contribution in [1.29, 1.82) is 0 Å². The van der Waals surface area contributed by atoms with E-state index in [0.717, 1.165) is 6.42 Å². The first-order valence-electron chi connectivity index (χ1n) is 9.03. The molecule has 1 aromatic carbocycles. The molecule has 2 aromatic rings. The van der Waals surface area contributed by atoms with Gasteiger partial charge in [0.05, 0.1) is 22.8 Å². The Hall–Kier alpha value is -1.86. The molecule has 0 aliphatic rings. The standard InChI is InChI=1S/C19H27N3O3S/c1-4-10-20-17(23)13-26-19-21-16-9-6-5-8-15(16)18(24)22(19)11-7-12-25-14(2)3/h5-6,8-9,14H,4,7,10-13H2,1-3H3,(H,20,23). The van der Waals surface area contributed by atoms with E-state index in [1.54, 1.807) is 10.6 Å². The van der Waals surface area contributed by atoms with Gasteiger partial charge in [-0.2, -0.15) is 0 Å². The molecule has 0 bridgehead atoms. The monoisotopic (exact) mass is 377 g/mol. The lowest BCUT2D eigenvalue weighted by molar-refractivity contribution is -0.118. The maximum atomic E-state index is 12.9. The molecule has 2 rings (SSSR count). The third-order valence-electron chi connectivity index (χ3n) is 3.71. The summed E-state index contributed by atoms with van der Waals surface area (Å²) in [5, 5.41) is 4.01. The molecule has 0 saturated carbocycles. The summed E-state index contributed by atoms with van der Waals surface area (Å²) in [4.78, 5) is 29.4. The topological polar surface area (TPSA) is 73.2 Å². The number of carbonyl (C=O) groups excluding carboxylic acids is 1. The number of para-hydroxylation sites is 1. The number of ether oxygens (including phenoxy) is 1. The fourth-order valence-corrected chi connectivity index (χ4v) is 3.30. The molecule has 1 heterocycles. The Morgan fingerprint density at radius 2 is 2.12 bits per heavy atom. The van der Waals surface area contributed by atoms with Gasteiger partial charge in [-0.05, 0) is 38.8 Å². The van der Waals surface area contributed by atoms with Crippen molar-refractivity contribution in [1.82, 2.24) is 14.9 Å². The Labute approximate surface area is 158 Å². The van der Waals surface area contributed by atoms with Gasteiger partial charge < -0.3 is 10.1 Å². The Balaban J connectivity index is 2.20. The zero-order valence-corrected chi connectivity index (χ0v) is 16.5. The molecule has 26 heavy (non-hydrogen) atoms. The van der Waals surface area contributed by atoms with E-state index in [0.29, 0.717) is 42.2 Å². The number of nitrogens with one attached hydrogen (secondary N) is 1. The average Bonchev–Trinajstić information content (AvgIpc) is 2.63. The number of hydrogen-bond acceptors (Lipinski definition) is 5. The van der Waals surface area contributed by atoms with Crippen LogP contribution in [0.3, 0.4) is 0 Å². The lowest BCUT2D eigenvalue weighted by Gasteiger charge is -2.14. The molecule has 0 aliphatic carbocycles. The maximum absolute atomic E-state index is 12.9. The van der Waals surface area contributed by atoms with Crippen LogP contribution in [0.4, 0.5) is 0 Å². The van der Waals surface area contributed by atoms with E-state index in [4.69, 9.17) is 4.74 Å². The van der Waals surface area contributed by atoms with Gasteiger partial charge in [-0.15, -0.1) is 0 Å². The van der Waals surface area contributed by atoms with Crippen LogP contribution in [0, 0.1) is 0 Å². The average molecular weight is 378 g/mol. The number of nitrogens with zero attached hydrogens (tertiary/aromatic N) is 2. The smallest absolute Gasteiger partial charge is 0.262 e. The summed E-state index contributed by atoms with van der Waals surface area (Å²) < 4.78 is 7.22. The van der Waals surface area contributed by atoms with Crippen LogP contribution in [-0.2, 0) is 16.1 Å². The van der Waals surface area contributed by atoms with Crippen LogP contribution in [0.1, 0.15) is 33.6 Å². The molecule has 0 saturated heterocycles. The summed E-state index contributed by atoms with van der Waals surface area (Å²) in [6.07, 6.45) is 1.77. The lowest BCUT2D eigenvalue weighted by atomic mass is 10.2. The van der Waals surface area contributed by atoms with Crippen LogP contribution in [0.5, 0.6) is 0 Å². The van der Waals surface area contributed by atoms with Crippen LogP contribution < -0.4 is 10.9 Å². The van der Waals surface area contributed by atoms with Crippen molar-refractivity contribution in [3.05, 3.63) is 34.6 Å². The summed E-state index contributed by atoms with van der Waals surface area (Å²) in [5.74, 6) is 0.196. The van der Waals surface area contributed by atoms with E-state index in [-0.39, 0.29) is 23.3 Å². The number of thioether (sulfide) groups is 1. The maximum Gasteiger partial charge on any atom is 0.262 e. The summed E-state index contributed by atoms with van der Waals surface area (Å²) in [7, 11) is 0. The molecule has 0 unspecified atom stereocenters. The van der Waals surface area contributed by atoms with Gasteiger partial charge in [-0.25, -0.2) is 4.98 Å². The van der Waals surface area contributed by atoms with Gasteiger partial charge >= 0.3 is 0 Å². The summed E-state index contributed by atoms with van der Waals surface area (Å²) >= 11 is 1.30. The Kier molecular flexibility index (Phi) is 8.12. The molecule has 0 radical (unpaired) electrons. The van der Waals surface area contributed by atoms with Gasteiger partial charge in [0.1, 0.15) is 0 Å². The normalized spacial score (nSPS) is 11.2. The van der Waals surface area contributed by atoms with Crippen molar-refractivity contribution in [2.24, 2.45) is 0 Å². The first kappa shape index (κ1) is 20.5. The number of benzene rings is 1. The second-order valence-corrected chi connectivity index (χ2v) is 7.22. The molecule has 142 valence electrons. The fourth-order valence-electron chi connectivity index (χ4n) is 2.44. The molecule has 1 aromatic heterocycles. The molecule has 1 amide bonds. The molecule has 0 fully saturated rings. The van der Waals surface area contributed by atoms with Crippen molar-refractivity contribution < 1.29 is 9.53 Å². The van der Waals surface area contributed by atoms with E-state index in [1.807, 2.05) is 39.0 Å². The summed E-state index contributed by atoms with van der Waals surface area (Å²) in [6, 6.07) is 7.30. The predicted octanol–water partition coefficient (Wildman–Crippen LogP) is 2.83. The van der Waals surface area contributed by atoms with E-state index < -0.39 is 0 Å². The first-order valence-corrected chi connectivity index (χ1v) is 10.0. The second-order valence-electron chi connectivity index (χ2n) is 6.28. The third-order valence-corrected chi connectivity index (χ3v) is 4.68. The molecule has 1 N–H and O–H groups in total. The van der Waals surface area contributed by atoms with E-state index in [9.17, 15) is 9.59 Å². The van der Waals surface area contributed by atoms with Gasteiger partial charge in [0.15, 0.2) is 5.16 Å². The van der Waals surface area contributed by atoms with Gasteiger partial charge in [0.2, 0.25) is 5.91 Å². The van der Waals surface area contributed by atoms with Crippen LogP contribution in [0.2, 0.25) is 0 Å². The van der Waals surface area contributed by atoms with Crippen LogP contribution in [0.25, 0.3) is 10.9 Å². The number of fused-ring (bicyclic) bond motifs is 1. The molecular weight excluding hydrogens is 350 g/mol. The molecule has 0 aliphatic heterocycles. The minimum atomic E-state index is -0.0726. The highest BCUT2D eigenvalue weighted by atomic mass is 32.2. The molecule has 0 atom stereocenters. The van der Waals surface area contributed by atoms with Gasteiger partial charge in [0.25, 0.3) is 5.56 Å². The van der Waals surface area contributed by atoms with E-state index in [2.05, 4.69) is 10.3 Å². The number of rotatable bonds is 10. The highest BCUT2D eigenvalue weighted by Gasteiger charge is 2.13. The van der Waals surface area contributed by atoms with Crippen molar-refractivity contribution in [3.8, 4) is 0 Å². The molecule has 0 spiro atoms. The molecule has 7 heteroatoms. The molecule has 6 nitrogen and oxygen atoms in total. The van der Waals surface area contributed by atoms with E-state index in [1.165, 1.54) is 11.8 Å². The van der Waals surface area contributed by atoms with Gasteiger partial charge in [0, 0.05) is 19.7 Å². The van der Waals surface area contributed by atoms with Gasteiger partial charge in [-0.1, -0.05) is 30.8 Å². The number of carbonyl (C=O) groups is 1. The first-order chi connectivity index (χ1) is 12.5. The van der Waals surface area contributed by atoms with Crippen molar-refractivity contribution >= 4 is 28.6 Å². The van der Waals surface area contributed by atoms with Crippen LogP contribution >= 0.6 is 11.8 Å². The largest absolute Gasteiger partial charge is 0.379 e. The Bertz CT molecular complexity index is 789. The zero-order valence-electron chi connectivity index (χ0n) is 15.7. The number of hydrogen-bond donors (Lipinski definition) is 1. The van der Waals surface area contributed by atoms with Gasteiger partial charge in [-0.3, -0.25) is 14.2 Å². The Morgan fingerprint density at radius 1 is 1.35 bits per heavy atom. The van der Waals surface area contributed by atoms with E-state index >= 15 is 0 Å². The quantitative estimate of drug-likeness (QED) is 0.392. The predicted molar refractivity (Wildman–Crippen MR) is 106 cm³/mol. The minimum Gasteiger partial charge on any atom is -0.379 e.